The van der Waals surface area contributed by atoms with Gasteiger partial charge in [0.15, 0.2) is 17.2 Å². The van der Waals surface area contributed by atoms with Gasteiger partial charge in [0, 0.05) is 9.13 Å². The number of nitrogens with zero attached hydrogens (tertiary/aromatic N) is 1. The standard InChI is InChI=1S/C26H21ClINO4/c1-3-31-23-14-18(12-20(27)24(23)32-15-17-7-5-4-6-8-17)13-22-26(30)33-25(29-22)19-9-10-21(28)16(2)11-19/h4-14H,3,15H2,1-2H3/b22-13-. The molecule has 7 heteroatoms. The van der Waals surface area contributed by atoms with Crippen LogP contribution in [0.4, 0.5) is 0 Å². The molecule has 4 rings (SSSR count). The van der Waals surface area contributed by atoms with Crippen molar-refractivity contribution < 1.29 is 19.0 Å². The molecular weight excluding hydrogens is 553 g/mol. The van der Waals surface area contributed by atoms with Crippen molar-refractivity contribution in [3.8, 4) is 11.5 Å². The number of aliphatic imine (C=N–C) groups is 1. The summed E-state index contributed by atoms with van der Waals surface area (Å²) in [7, 11) is 0. The number of rotatable bonds is 7. The van der Waals surface area contributed by atoms with Crippen LogP contribution in [0, 0.1) is 10.5 Å². The van der Waals surface area contributed by atoms with Gasteiger partial charge in [-0.2, -0.15) is 0 Å². The third-order valence-corrected chi connectivity index (χ3v) is 6.38. The molecule has 0 atom stereocenters. The number of carbonyl (C=O) groups is 1. The number of benzene rings is 3. The molecule has 0 aliphatic carbocycles. The molecule has 0 saturated carbocycles. The molecule has 0 fully saturated rings. The van der Waals surface area contributed by atoms with E-state index in [0.29, 0.717) is 35.3 Å². The number of cyclic esters (lactones) is 1. The second-order valence-corrected chi connectivity index (χ2v) is 8.91. The fraction of sp³-hybridized carbons (Fsp3) is 0.154. The van der Waals surface area contributed by atoms with Crippen LogP contribution in [-0.2, 0) is 16.1 Å². The Labute approximate surface area is 211 Å². The summed E-state index contributed by atoms with van der Waals surface area (Å²) in [4.78, 5) is 16.8. The zero-order valence-electron chi connectivity index (χ0n) is 18.1. The van der Waals surface area contributed by atoms with Crippen molar-refractivity contribution in [2.24, 2.45) is 4.99 Å². The van der Waals surface area contributed by atoms with E-state index in [-0.39, 0.29) is 11.6 Å². The smallest absolute Gasteiger partial charge is 0.363 e. The highest BCUT2D eigenvalue weighted by atomic mass is 127. The van der Waals surface area contributed by atoms with Gasteiger partial charge in [-0.3, -0.25) is 0 Å². The molecule has 0 bridgehead atoms. The molecule has 0 amide bonds. The SMILES string of the molecule is CCOc1cc(/C=C2\N=C(c3ccc(I)c(C)c3)OC2=O)cc(Cl)c1OCc1ccccc1. The lowest BCUT2D eigenvalue weighted by molar-refractivity contribution is -0.129. The topological polar surface area (TPSA) is 57.1 Å². The Bertz CT molecular complexity index is 1250. The van der Waals surface area contributed by atoms with Crippen molar-refractivity contribution in [2.45, 2.75) is 20.5 Å². The molecule has 3 aromatic carbocycles. The van der Waals surface area contributed by atoms with E-state index in [1.807, 2.05) is 62.4 Å². The quantitative estimate of drug-likeness (QED) is 0.182. The summed E-state index contributed by atoms with van der Waals surface area (Å²) in [6, 6.07) is 19.1. The minimum absolute atomic E-state index is 0.192. The number of hydrogen-bond donors (Lipinski definition) is 0. The monoisotopic (exact) mass is 573 g/mol. The summed E-state index contributed by atoms with van der Waals surface area (Å²) in [5.74, 6) is 0.720. The average Bonchev–Trinajstić information content (AvgIpc) is 3.16. The van der Waals surface area contributed by atoms with Gasteiger partial charge in [0.05, 0.1) is 11.6 Å². The maximum atomic E-state index is 12.4. The van der Waals surface area contributed by atoms with E-state index in [2.05, 4.69) is 27.6 Å². The molecule has 0 spiro atoms. The van der Waals surface area contributed by atoms with Gasteiger partial charge in [0.2, 0.25) is 5.90 Å². The molecule has 0 radical (unpaired) electrons. The number of halogens is 2. The van der Waals surface area contributed by atoms with E-state index in [1.54, 1.807) is 18.2 Å². The first-order chi connectivity index (χ1) is 15.9. The van der Waals surface area contributed by atoms with E-state index in [0.717, 1.165) is 20.3 Å². The summed E-state index contributed by atoms with van der Waals surface area (Å²) in [6.07, 6.45) is 1.63. The lowest BCUT2D eigenvalue weighted by Gasteiger charge is -2.14. The number of ether oxygens (including phenoxy) is 3. The van der Waals surface area contributed by atoms with Gasteiger partial charge in [-0.05, 0) is 89.5 Å². The van der Waals surface area contributed by atoms with Crippen molar-refractivity contribution in [3.63, 3.8) is 0 Å². The van der Waals surface area contributed by atoms with Gasteiger partial charge >= 0.3 is 5.97 Å². The first kappa shape index (κ1) is 23.3. The Morgan fingerprint density at radius 3 is 2.61 bits per heavy atom. The second kappa shape index (κ2) is 10.4. The summed E-state index contributed by atoms with van der Waals surface area (Å²) in [5.41, 5.74) is 3.71. The van der Waals surface area contributed by atoms with Gasteiger partial charge in [0.25, 0.3) is 0 Å². The molecule has 0 unspecified atom stereocenters. The summed E-state index contributed by atoms with van der Waals surface area (Å²) < 4.78 is 18.2. The van der Waals surface area contributed by atoms with Gasteiger partial charge < -0.3 is 14.2 Å². The predicted octanol–water partition coefficient (Wildman–Crippen LogP) is 6.58. The van der Waals surface area contributed by atoms with Crippen LogP contribution in [0.5, 0.6) is 11.5 Å². The highest BCUT2D eigenvalue weighted by Gasteiger charge is 2.25. The first-order valence-corrected chi connectivity index (χ1v) is 11.8. The molecular formula is C26H21ClINO4. The van der Waals surface area contributed by atoms with E-state index >= 15 is 0 Å². The highest BCUT2D eigenvalue weighted by molar-refractivity contribution is 14.1. The molecule has 1 heterocycles. The molecule has 3 aromatic rings. The maximum Gasteiger partial charge on any atom is 0.363 e. The summed E-state index contributed by atoms with van der Waals surface area (Å²) >= 11 is 8.79. The summed E-state index contributed by atoms with van der Waals surface area (Å²) in [5, 5.41) is 0.382. The van der Waals surface area contributed by atoms with Crippen LogP contribution in [0.3, 0.4) is 0 Å². The van der Waals surface area contributed by atoms with Crippen LogP contribution >= 0.6 is 34.2 Å². The largest absolute Gasteiger partial charge is 0.490 e. The third kappa shape index (κ3) is 5.57. The summed E-state index contributed by atoms with van der Waals surface area (Å²) in [6.45, 7) is 4.68. The fourth-order valence-corrected chi connectivity index (χ4v) is 3.88. The van der Waals surface area contributed by atoms with E-state index in [1.165, 1.54) is 0 Å². The lowest BCUT2D eigenvalue weighted by Crippen LogP contribution is -2.05. The number of hydrogen-bond acceptors (Lipinski definition) is 5. The van der Waals surface area contributed by atoms with Crippen molar-refractivity contribution in [1.82, 2.24) is 0 Å². The van der Waals surface area contributed by atoms with E-state index in [9.17, 15) is 4.79 Å². The predicted molar refractivity (Wildman–Crippen MR) is 138 cm³/mol. The second-order valence-electron chi connectivity index (χ2n) is 7.34. The van der Waals surface area contributed by atoms with Crippen molar-refractivity contribution in [1.29, 1.82) is 0 Å². The molecule has 33 heavy (non-hydrogen) atoms. The van der Waals surface area contributed by atoms with Crippen LogP contribution in [-0.4, -0.2) is 18.5 Å². The van der Waals surface area contributed by atoms with Crippen LogP contribution in [0.15, 0.2) is 71.4 Å². The third-order valence-electron chi connectivity index (χ3n) is 4.89. The zero-order valence-corrected chi connectivity index (χ0v) is 21.0. The van der Waals surface area contributed by atoms with Crippen molar-refractivity contribution in [3.05, 3.63) is 97.2 Å². The fourth-order valence-electron chi connectivity index (χ4n) is 3.27. The van der Waals surface area contributed by atoms with E-state index in [4.69, 9.17) is 25.8 Å². The highest BCUT2D eigenvalue weighted by Crippen LogP contribution is 2.38. The Hall–Kier alpha value is -2.84. The van der Waals surface area contributed by atoms with Crippen LogP contribution in [0.25, 0.3) is 6.08 Å². The van der Waals surface area contributed by atoms with Crippen molar-refractivity contribution in [2.75, 3.05) is 6.61 Å². The minimum Gasteiger partial charge on any atom is -0.490 e. The van der Waals surface area contributed by atoms with Crippen LogP contribution < -0.4 is 9.47 Å². The molecule has 1 aliphatic rings. The van der Waals surface area contributed by atoms with Crippen molar-refractivity contribution >= 4 is 52.1 Å². The van der Waals surface area contributed by atoms with Crippen LogP contribution in [0.1, 0.15) is 29.2 Å². The molecule has 0 N–H and O–H groups in total. The number of carbonyl (C=O) groups excluding carboxylic acids is 1. The minimum atomic E-state index is -0.514. The van der Waals surface area contributed by atoms with Gasteiger partial charge in [-0.1, -0.05) is 41.9 Å². The number of esters is 1. The zero-order chi connectivity index (χ0) is 23.4. The van der Waals surface area contributed by atoms with E-state index < -0.39 is 5.97 Å². The lowest BCUT2D eigenvalue weighted by atomic mass is 10.1. The maximum absolute atomic E-state index is 12.4. The molecule has 0 saturated heterocycles. The Kier molecular flexibility index (Phi) is 7.35. The van der Waals surface area contributed by atoms with Crippen LogP contribution in [0.2, 0.25) is 5.02 Å². The molecule has 1 aliphatic heterocycles. The first-order valence-electron chi connectivity index (χ1n) is 10.4. The average molecular weight is 574 g/mol. The molecule has 0 aromatic heterocycles. The van der Waals surface area contributed by atoms with Gasteiger partial charge in [0.1, 0.15) is 6.61 Å². The molecule has 5 nitrogen and oxygen atoms in total. The normalized spacial score (nSPS) is 14.2. The Morgan fingerprint density at radius 1 is 1.09 bits per heavy atom. The number of aryl methyl sites for hydroxylation is 1. The Balaban J connectivity index is 1.62. The molecule has 168 valence electrons. The van der Waals surface area contributed by atoms with Gasteiger partial charge in [-0.25, -0.2) is 9.79 Å². The van der Waals surface area contributed by atoms with Gasteiger partial charge in [-0.15, -0.1) is 0 Å². The Morgan fingerprint density at radius 2 is 1.88 bits per heavy atom.